The van der Waals surface area contributed by atoms with Crippen LogP contribution in [0, 0.1) is 0 Å². The first-order valence-electron chi connectivity index (χ1n) is 9.10. The Morgan fingerprint density at radius 3 is 2.70 bits per heavy atom. The second kappa shape index (κ2) is 7.19. The molecule has 0 saturated carbocycles. The second-order valence-corrected chi connectivity index (χ2v) is 6.87. The Morgan fingerprint density at radius 1 is 1.11 bits per heavy atom. The number of benzene rings is 1. The molecule has 1 amide bonds. The molecule has 0 aliphatic carbocycles. The van der Waals surface area contributed by atoms with Crippen LogP contribution < -0.4 is 5.73 Å². The fourth-order valence-corrected chi connectivity index (χ4v) is 3.57. The van der Waals surface area contributed by atoms with Crippen LogP contribution in [-0.4, -0.2) is 37.1 Å². The zero-order valence-electron chi connectivity index (χ0n) is 15.2. The topological polar surface area (TPSA) is 89.9 Å². The van der Waals surface area contributed by atoms with Crippen molar-refractivity contribution in [1.82, 2.24) is 24.6 Å². The lowest BCUT2D eigenvalue weighted by Gasteiger charge is -2.32. The van der Waals surface area contributed by atoms with E-state index in [1.165, 1.54) is 5.56 Å². The molecular formula is C20H22N6O. The monoisotopic (exact) mass is 362 g/mol. The van der Waals surface area contributed by atoms with Crippen LogP contribution in [0.4, 0.5) is 5.82 Å². The van der Waals surface area contributed by atoms with E-state index in [0.717, 1.165) is 24.5 Å². The summed E-state index contributed by atoms with van der Waals surface area (Å²) in [6.45, 7) is 3.11. The largest absolute Gasteiger partial charge is 0.384 e. The van der Waals surface area contributed by atoms with E-state index in [-0.39, 0.29) is 11.9 Å². The molecule has 0 radical (unpaired) electrons. The molecule has 27 heavy (non-hydrogen) atoms. The summed E-state index contributed by atoms with van der Waals surface area (Å²) in [5.41, 5.74) is 7.35. The van der Waals surface area contributed by atoms with Gasteiger partial charge in [-0.15, -0.1) is 10.2 Å². The Labute approximate surface area is 157 Å². The number of aromatic nitrogens is 4. The van der Waals surface area contributed by atoms with Gasteiger partial charge in [-0.2, -0.15) is 0 Å². The number of aryl methyl sites for hydroxylation is 2. The van der Waals surface area contributed by atoms with Crippen molar-refractivity contribution < 1.29 is 4.79 Å². The molecule has 0 fully saturated rings. The number of pyridine rings is 1. The molecule has 138 valence electrons. The van der Waals surface area contributed by atoms with E-state index in [0.29, 0.717) is 24.6 Å². The van der Waals surface area contributed by atoms with Gasteiger partial charge in [0.05, 0.1) is 12.6 Å². The summed E-state index contributed by atoms with van der Waals surface area (Å²) in [5.74, 6) is 2.00. The molecule has 0 spiro atoms. The number of anilines is 1. The van der Waals surface area contributed by atoms with E-state index in [1.807, 2.05) is 18.2 Å². The van der Waals surface area contributed by atoms with Gasteiger partial charge in [-0.25, -0.2) is 4.98 Å². The van der Waals surface area contributed by atoms with Crippen molar-refractivity contribution in [3.05, 3.63) is 71.4 Å². The lowest BCUT2D eigenvalue weighted by Crippen LogP contribution is -2.41. The number of amides is 1. The van der Waals surface area contributed by atoms with Gasteiger partial charge in [-0.1, -0.05) is 36.4 Å². The number of carbonyl (C=O) groups is 1. The molecule has 3 heterocycles. The molecule has 2 aromatic heterocycles. The summed E-state index contributed by atoms with van der Waals surface area (Å²) in [7, 11) is 0. The number of carbonyl (C=O) groups excluding carboxylic acids is 1. The minimum absolute atomic E-state index is 0.111. The van der Waals surface area contributed by atoms with E-state index >= 15 is 0 Å². The first-order chi connectivity index (χ1) is 13.1. The van der Waals surface area contributed by atoms with Crippen molar-refractivity contribution in [2.24, 2.45) is 0 Å². The molecule has 1 aromatic carbocycles. The maximum atomic E-state index is 12.8. The lowest BCUT2D eigenvalue weighted by molar-refractivity contribution is 0.0674. The molecular weight excluding hydrogens is 340 g/mol. The summed E-state index contributed by atoms with van der Waals surface area (Å²) in [6.07, 6.45) is 1.74. The molecule has 0 unspecified atom stereocenters. The third-order valence-corrected chi connectivity index (χ3v) is 4.85. The van der Waals surface area contributed by atoms with Crippen molar-refractivity contribution in [3.63, 3.8) is 0 Å². The quantitative estimate of drug-likeness (QED) is 0.769. The molecule has 4 rings (SSSR count). The summed E-state index contributed by atoms with van der Waals surface area (Å²) >= 11 is 0. The van der Waals surface area contributed by atoms with Crippen molar-refractivity contribution in [3.8, 4) is 0 Å². The smallest absolute Gasteiger partial charge is 0.273 e. The zero-order chi connectivity index (χ0) is 18.8. The van der Waals surface area contributed by atoms with Gasteiger partial charge in [0, 0.05) is 13.0 Å². The maximum absolute atomic E-state index is 12.8. The van der Waals surface area contributed by atoms with Crippen molar-refractivity contribution in [2.75, 3.05) is 12.3 Å². The highest BCUT2D eigenvalue weighted by Gasteiger charge is 2.30. The normalized spacial score (nSPS) is 16.2. The van der Waals surface area contributed by atoms with Crippen LogP contribution in [-0.2, 0) is 19.4 Å². The highest BCUT2D eigenvalue weighted by Crippen LogP contribution is 2.23. The Balaban J connectivity index is 1.50. The number of hydrogen-bond donors (Lipinski definition) is 1. The van der Waals surface area contributed by atoms with Gasteiger partial charge < -0.3 is 15.2 Å². The molecule has 0 bridgehead atoms. The molecule has 7 heteroatoms. The predicted molar refractivity (Wildman–Crippen MR) is 102 cm³/mol. The van der Waals surface area contributed by atoms with Gasteiger partial charge in [-0.3, -0.25) is 4.79 Å². The molecule has 1 aliphatic heterocycles. The van der Waals surface area contributed by atoms with Gasteiger partial charge >= 0.3 is 0 Å². The Morgan fingerprint density at radius 2 is 1.93 bits per heavy atom. The maximum Gasteiger partial charge on any atom is 0.273 e. The highest BCUT2D eigenvalue weighted by atomic mass is 16.2. The van der Waals surface area contributed by atoms with Crippen LogP contribution in [0.1, 0.15) is 40.7 Å². The fourth-order valence-electron chi connectivity index (χ4n) is 3.57. The minimum Gasteiger partial charge on any atom is -0.384 e. The van der Waals surface area contributed by atoms with Crippen LogP contribution in [0.2, 0.25) is 0 Å². The summed E-state index contributed by atoms with van der Waals surface area (Å²) in [5, 5.41) is 8.72. The average molecular weight is 362 g/mol. The average Bonchev–Trinajstić information content (AvgIpc) is 3.10. The first kappa shape index (κ1) is 17.2. The van der Waals surface area contributed by atoms with E-state index < -0.39 is 0 Å². The third-order valence-electron chi connectivity index (χ3n) is 4.85. The van der Waals surface area contributed by atoms with Gasteiger partial charge in [0.1, 0.15) is 17.3 Å². The van der Waals surface area contributed by atoms with Crippen LogP contribution in [0.25, 0.3) is 0 Å². The number of nitrogen functional groups attached to an aromatic ring is 1. The molecule has 1 aliphatic rings. The summed E-state index contributed by atoms with van der Waals surface area (Å²) < 4.78 is 2.17. The van der Waals surface area contributed by atoms with Crippen LogP contribution in [0.3, 0.4) is 0 Å². The second-order valence-electron chi connectivity index (χ2n) is 6.87. The van der Waals surface area contributed by atoms with E-state index in [2.05, 4.69) is 38.8 Å². The van der Waals surface area contributed by atoms with E-state index in [1.54, 1.807) is 23.1 Å². The first-order valence-corrected chi connectivity index (χ1v) is 9.10. The number of fused-ring (bicyclic) bond motifs is 1. The van der Waals surface area contributed by atoms with Crippen molar-refractivity contribution >= 4 is 11.7 Å². The van der Waals surface area contributed by atoms with E-state index in [9.17, 15) is 4.79 Å². The fraction of sp³-hybridized carbons (Fsp3) is 0.300. The molecule has 3 aromatic rings. The van der Waals surface area contributed by atoms with Crippen LogP contribution >= 0.6 is 0 Å². The van der Waals surface area contributed by atoms with Gasteiger partial charge in [0.2, 0.25) is 0 Å². The van der Waals surface area contributed by atoms with Crippen molar-refractivity contribution in [2.45, 2.75) is 32.4 Å². The number of hydrogen-bond acceptors (Lipinski definition) is 5. The molecule has 2 N–H and O–H groups in total. The summed E-state index contributed by atoms with van der Waals surface area (Å²) in [6, 6.07) is 15.6. The molecule has 1 atom stereocenters. The van der Waals surface area contributed by atoms with Crippen molar-refractivity contribution in [1.29, 1.82) is 0 Å². The number of nitrogens with two attached hydrogens (primary N) is 1. The van der Waals surface area contributed by atoms with Gasteiger partial charge in [-0.05, 0) is 31.0 Å². The van der Waals surface area contributed by atoms with Crippen LogP contribution in [0.15, 0.2) is 48.5 Å². The Bertz CT molecular complexity index is 952. The molecule has 7 nitrogen and oxygen atoms in total. The summed E-state index contributed by atoms with van der Waals surface area (Å²) in [4.78, 5) is 18.7. The SMILES string of the molecule is C[C@H]1CN(C(=O)c2cccc(N)n2)Cc2nnc(CCc3ccccc3)n21. The van der Waals surface area contributed by atoms with E-state index in [4.69, 9.17) is 5.73 Å². The molecule has 0 saturated heterocycles. The highest BCUT2D eigenvalue weighted by molar-refractivity contribution is 5.92. The Kier molecular flexibility index (Phi) is 4.58. The lowest BCUT2D eigenvalue weighted by atomic mass is 10.1. The van der Waals surface area contributed by atoms with Gasteiger partial charge in [0.15, 0.2) is 5.82 Å². The number of nitrogens with zero attached hydrogens (tertiary/aromatic N) is 5. The third kappa shape index (κ3) is 3.53. The minimum atomic E-state index is -0.130. The van der Waals surface area contributed by atoms with Crippen LogP contribution in [0.5, 0.6) is 0 Å². The number of rotatable bonds is 4. The zero-order valence-corrected chi connectivity index (χ0v) is 15.2. The predicted octanol–water partition coefficient (Wildman–Crippen LogP) is 2.26. The Hall–Kier alpha value is -3.22. The van der Waals surface area contributed by atoms with Gasteiger partial charge in [0.25, 0.3) is 5.91 Å². The standard InChI is InChI=1S/C20H22N6O/c1-14-12-25(20(27)16-8-5-9-17(21)22-16)13-19-24-23-18(26(14)19)11-10-15-6-3-2-4-7-15/h2-9,14H,10-13H2,1H3,(H2,21,22)/t14-/m0/s1.